The largest absolute Gasteiger partial charge is 0.493 e. The Hall–Kier alpha value is -3.20. The average Bonchev–Trinajstić information content (AvgIpc) is 2.98. The minimum absolute atomic E-state index is 0. The van der Waals surface area contributed by atoms with Crippen molar-refractivity contribution in [3.8, 4) is 11.5 Å². The molecule has 2 aromatic carbocycles. The number of halogens is 2. The number of nitrogens with two attached hydrogens (primary N) is 1. The zero-order chi connectivity index (χ0) is 32.5. The van der Waals surface area contributed by atoms with E-state index < -0.39 is 51.8 Å². The molecule has 0 spiro atoms. The van der Waals surface area contributed by atoms with Crippen LogP contribution in [0.5, 0.6) is 11.5 Å². The van der Waals surface area contributed by atoms with Crippen LogP contribution in [-0.2, 0) is 9.59 Å². The number of carbonyl (C=O) groups is 2. The number of hydrogen-bond acceptors (Lipinski definition) is 10. The number of benzene rings is 2. The van der Waals surface area contributed by atoms with Crippen molar-refractivity contribution >= 4 is 42.4 Å². The summed E-state index contributed by atoms with van der Waals surface area (Å²) >= 11 is 0. The smallest absolute Gasteiger partial charge is 0.311 e. The molecule has 7 N–H and O–H groups in total. The first-order valence-corrected chi connectivity index (χ1v) is 14.8. The molecular formula is C31H46Cl2N4O9. The quantitative estimate of drug-likeness (QED) is 0.0801. The molecule has 13 nitrogen and oxygen atoms in total. The van der Waals surface area contributed by atoms with E-state index in [2.05, 4.69) is 10.6 Å². The zero-order valence-electron chi connectivity index (χ0n) is 26.2. The number of carboxylic acids is 2. The van der Waals surface area contributed by atoms with Crippen molar-refractivity contribution in [1.82, 2.24) is 10.6 Å². The van der Waals surface area contributed by atoms with Gasteiger partial charge in [0.05, 0.1) is 22.4 Å². The number of rotatable bonds is 17. The molecule has 1 aliphatic rings. The second-order valence-electron chi connectivity index (χ2n) is 11.5. The van der Waals surface area contributed by atoms with Crippen molar-refractivity contribution in [3.63, 3.8) is 0 Å². The molecule has 3 rings (SSSR count). The molecule has 6 atom stereocenters. The van der Waals surface area contributed by atoms with Crippen molar-refractivity contribution in [2.45, 2.75) is 64.1 Å². The van der Waals surface area contributed by atoms with Gasteiger partial charge < -0.3 is 41.2 Å². The molecule has 0 saturated carbocycles. The summed E-state index contributed by atoms with van der Waals surface area (Å²) in [6.45, 7) is 6.02. The van der Waals surface area contributed by atoms with Crippen LogP contribution in [0.4, 0.5) is 5.69 Å². The van der Waals surface area contributed by atoms with Gasteiger partial charge in [-0.1, -0.05) is 18.2 Å². The number of nitrogens with zero attached hydrogens (tertiary/aromatic N) is 1. The zero-order valence-corrected chi connectivity index (χ0v) is 27.9. The van der Waals surface area contributed by atoms with E-state index in [1.165, 1.54) is 25.1 Å². The summed E-state index contributed by atoms with van der Waals surface area (Å²) in [4.78, 5) is 37.1. The molecule has 1 saturated heterocycles. The molecule has 46 heavy (non-hydrogen) atoms. The Morgan fingerprint density at radius 2 is 1.74 bits per heavy atom. The number of unbranched alkanes of at least 4 members (excludes halogenated alkanes) is 1. The molecule has 0 radical (unpaired) electrons. The van der Waals surface area contributed by atoms with Gasteiger partial charge in [0.25, 0.3) is 5.69 Å². The number of carboxylic acid groups (broad SMARTS) is 2. The topological polar surface area (TPSA) is 207 Å². The van der Waals surface area contributed by atoms with E-state index in [1.807, 2.05) is 30.3 Å². The molecule has 0 aliphatic carbocycles. The predicted molar refractivity (Wildman–Crippen MR) is 177 cm³/mol. The number of nitrogens with one attached hydrogen (secondary N) is 2. The number of aliphatic carboxylic acids is 2. The van der Waals surface area contributed by atoms with Gasteiger partial charge in [-0.15, -0.1) is 24.8 Å². The fourth-order valence-electron chi connectivity index (χ4n) is 6.23. The molecule has 0 amide bonds. The van der Waals surface area contributed by atoms with E-state index in [9.17, 15) is 35.0 Å². The van der Waals surface area contributed by atoms with Crippen LogP contribution in [0.3, 0.4) is 0 Å². The van der Waals surface area contributed by atoms with E-state index in [0.717, 1.165) is 0 Å². The van der Waals surface area contributed by atoms with Crippen LogP contribution in [0.25, 0.3) is 0 Å². The lowest BCUT2D eigenvalue weighted by Gasteiger charge is -2.56. The standard InChI is InChI=1S/C31H44N4O9.2ClH/c1-20-30(3,28(37)38)27(31(13-14-32,29(39)40)21(2)34-20)25-17-22(35(41)42)11-12-26(25)43-16-8-7-15-33-18-23(36)19-44-24-9-5-4-6-10-24;;/h4-6,9-12,17,20-21,23,27,33-34,36H,7-8,13-16,18-19,32H2,1-3H3,(H,37,38)(H,39,40);2*1H. The molecule has 6 unspecified atom stereocenters. The fourth-order valence-corrected chi connectivity index (χ4v) is 6.23. The van der Waals surface area contributed by atoms with Gasteiger partial charge in [-0.05, 0) is 71.3 Å². The van der Waals surface area contributed by atoms with Crippen molar-refractivity contribution in [3.05, 3.63) is 64.2 Å². The lowest BCUT2D eigenvalue weighted by atomic mass is 9.51. The van der Waals surface area contributed by atoms with Crippen LogP contribution in [0.1, 0.15) is 51.5 Å². The number of nitro groups is 1. The van der Waals surface area contributed by atoms with Gasteiger partial charge in [-0.3, -0.25) is 19.7 Å². The lowest BCUT2D eigenvalue weighted by Crippen LogP contribution is -2.69. The normalized spacial score (nSPS) is 24.5. The number of nitro benzene ring substituents is 1. The summed E-state index contributed by atoms with van der Waals surface area (Å²) in [5.74, 6) is -2.83. The Balaban J connectivity index is 0.00000529. The van der Waals surface area contributed by atoms with Gasteiger partial charge in [0.15, 0.2) is 0 Å². The molecule has 2 aromatic rings. The van der Waals surface area contributed by atoms with Crippen molar-refractivity contribution in [1.29, 1.82) is 0 Å². The van der Waals surface area contributed by atoms with Crippen LogP contribution in [0.15, 0.2) is 48.5 Å². The van der Waals surface area contributed by atoms with E-state index in [4.69, 9.17) is 15.2 Å². The Kier molecular flexibility index (Phi) is 16.2. The third-order valence-electron chi connectivity index (χ3n) is 8.79. The number of non-ortho nitro benzene ring substituents is 1. The molecule has 0 aromatic heterocycles. The maximum Gasteiger partial charge on any atom is 0.311 e. The monoisotopic (exact) mass is 688 g/mol. The maximum atomic E-state index is 13.0. The first-order valence-electron chi connectivity index (χ1n) is 14.8. The summed E-state index contributed by atoms with van der Waals surface area (Å²) in [7, 11) is 0. The number of para-hydroxylation sites is 1. The number of aliphatic hydroxyl groups is 1. The number of aliphatic hydroxyl groups excluding tert-OH is 1. The molecule has 258 valence electrons. The van der Waals surface area contributed by atoms with Crippen molar-refractivity contribution in [2.75, 3.05) is 32.8 Å². The first-order chi connectivity index (χ1) is 20.9. The second-order valence-corrected chi connectivity index (χ2v) is 11.5. The number of piperidine rings is 1. The number of hydrogen-bond donors (Lipinski definition) is 6. The van der Waals surface area contributed by atoms with Crippen LogP contribution >= 0.6 is 24.8 Å². The molecule has 1 fully saturated rings. The molecule has 0 bridgehead atoms. The Morgan fingerprint density at radius 1 is 1.07 bits per heavy atom. The lowest BCUT2D eigenvalue weighted by molar-refractivity contribution is -0.385. The van der Waals surface area contributed by atoms with Gasteiger partial charge in [-0.2, -0.15) is 0 Å². The summed E-state index contributed by atoms with van der Waals surface area (Å²) < 4.78 is 11.6. The predicted octanol–water partition coefficient (Wildman–Crippen LogP) is 3.60. The SMILES string of the molecule is CC1NC(C)C(CCN)(C(=O)O)C(c2cc([N+](=O)[O-])ccc2OCCCCNCC(O)COc2ccccc2)C1(C)C(=O)O.Cl.Cl. The summed E-state index contributed by atoms with van der Waals surface area (Å²) in [6.07, 6.45) is 0.486. The van der Waals surface area contributed by atoms with Gasteiger partial charge in [-0.25, -0.2) is 0 Å². The first kappa shape index (κ1) is 40.8. The van der Waals surface area contributed by atoms with Crippen LogP contribution in [-0.4, -0.2) is 83.2 Å². The van der Waals surface area contributed by atoms with Crippen molar-refractivity contribution in [2.24, 2.45) is 16.6 Å². The van der Waals surface area contributed by atoms with E-state index in [0.29, 0.717) is 31.7 Å². The van der Waals surface area contributed by atoms with Gasteiger partial charge in [0.1, 0.15) is 24.2 Å². The third kappa shape index (κ3) is 8.99. The van der Waals surface area contributed by atoms with Crippen LogP contribution in [0, 0.1) is 20.9 Å². The molecular weight excluding hydrogens is 643 g/mol. The van der Waals surface area contributed by atoms with Crippen molar-refractivity contribution < 1.29 is 39.3 Å². The second kappa shape index (κ2) is 18.2. The Labute approximate surface area is 281 Å². The highest BCUT2D eigenvalue weighted by Crippen LogP contribution is 2.58. The minimum Gasteiger partial charge on any atom is -0.493 e. The molecule has 1 aliphatic heterocycles. The highest BCUT2D eigenvalue weighted by molar-refractivity contribution is 5.86. The van der Waals surface area contributed by atoms with E-state index >= 15 is 0 Å². The third-order valence-corrected chi connectivity index (χ3v) is 8.79. The van der Waals surface area contributed by atoms with Gasteiger partial charge in [0.2, 0.25) is 0 Å². The molecule has 15 heteroatoms. The Morgan fingerprint density at radius 3 is 2.33 bits per heavy atom. The number of ether oxygens (including phenoxy) is 2. The summed E-state index contributed by atoms with van der Waals surface area (Å²) in [5, 5.41) is 49.4. The highest BCUT2D eigenvalue weighted by Gasteiger charge is 2.65. The van der Waals surface area contributed by atoms with E-state index in [1.54, 1.807) is 13.8 Å². The fraction of sp³-hybridized carbons (Fsp3) is 0.548. The summed E-state index contributed by atoms with van der Waals surface area (Å²) in [6, 6.07) is 11.7. The highest BCUT2D eigenvalue weighted by atomic mass is 35.5. The van der Waals surface area contributed by atoms with Crippen LogP contribution in [0.2, 0.25) is 0 Å². The Bertz CT molecular complexity index is 1290. The maximum absolute atomic E-state index is 13.0. The molecule has 1 heterocycles. The van der Waals surface area contributed by atoms with Gasteiger partial charge in [0, 0.05) is 42.2 Å². The van der Waals surface area contributed by atoms with E-state index in [-0.39, 0.29) is 68.0 Å². The van der Waals surface area contributed by atoms with Gasteiger partial charge >= 0.3 is 11.9 Å². The minimum atomic E-state index is -1.70. The van der Waals surface area contributed by atoms with Crippen LogP contribution < -0.4 is 25.8 Å². The summed E-state index contributed by atoms with van der Waals surface area (Å²) in [5.41, 5.74) is 2.37. The average molecular weight is 690 g/mol.